The number of carbonyl (C=O) groups excluding carboxylic acids is 1. The molecule has 1 unspecified atom stereocenters. The Morgan fingerprint density at radius 3 is 2.78 bits per heavy atom. The SMILES string of the molecule is CSc1ccccc1C(=O)NCC(O)c1csc2ccccc12. The van der Waals surface area contributed by atoms with Gasteiger partial charge in [0, 0.05) is 21.7 Å². The Morgan fingerprint density at radius 1 is 1.22 bits per heavy atom. The first-order valence-electron chi connectivity index (χ1n) is 7.26. The first-order valence-corrected chi connectivity index (χ1v) is 9.36. The number of thiophene rings is 1. The molecule has 3 aromatic rings. The predicted molar refractivity (Wildman–Crippen MR) is 97.3 cm³/mol. The summed E-state index contributed by atoms with van der Waals surface area (Å²) >= 11 is 3.14. The third-order valence-electron chi connectivity index (χ3n) is 3.68. The van der Waals surface area contributed by atoms with Gasteiger partial charge >= 0.3 is 0 Å². The van der Waals surface area contributed by atoms with E-state index in [4.69, 9.17) is 0 Å². The molecule has 1 heterocycles. The summed E-state index contributed by atoms with van der Waals surface area (Å²) < 4.78 is 1.14. The quantitative estimate of drug-likeness (QED) is 0.686. The first kappa shape index (κ1) is 16.1. The second-order valence-electron chi connectivity index (χ2n) is 5.11. The Kier molecular flexibility index (Phi) is 5.00. The number of benzene rings is 2. The number of rotatable bonds is 5. The minimum Gasteiger partial charge on any atom is -0.387 e. The lowest BCUT2D eigenvalue weighted by molar-refractivity contribution is 0.0914. The van der Waals surface area contributed by atoms with Crippen molar-refractivity contribution in [3.05, 3.63) is 65.0 Å². The highest BCUT2D eigenvalue weighted by atomic mass is 32.2. The Bertz CT molecular complexity index is 829. The van der Waals surface area contributed by atoms with E-state index in [0.717, 1.165) is 20.5 Å². The van der Waals surface area contributed by atoms with E-state index in [-0.39, 0.29) is 12.5 Å². The van der Waals surface area contributed by atoms with Gasteiger partial charge in [-0.3, -0.25) is 4.79 Å². The van der Waals surface area contributed by atoms with E-state index in [1.54, 1.807) is 17.4 Å². The number of amides is 1. The van der Waals surface area contributed by atoms with Crippen LogP contribution in [0.5, 0.6) is 0 Å². The minimum absolute atomic E-state index is 0.159. The number of fused-ring (bicyclic) bond motifs is 1. The van der Waals surface area contributed by atoms with Gasteiger partial charge in [-0.1, -0.05) is 30.3 Å². The average molecular weight is 343 g/mol. The molecule has 3 nitrogen and oxygen atoms in total. The zero-order chi connectivity index (χ0) is 16.2. The molecular formula is C18H17NO2S2. The smallest absolute Gasteiger partial charge is 0.252 e. The van der Waals surface area contributed by atoms with E-state index in [9.17, 15) is 9.90 Å². The molecule has 3 rings (SSSR count). The maximum atomic E-state index is 12.3. The number of aliphatic hydroxyl groups is 1. The number of hydrogen-bond acceptors (Lipinski definition) is 4. The summed E-state index contributed by atoms with van der Waals surface area (Å²) in [6.07, 6.45) is 1.23. The van der Waals surface area contributed by atoms with Crippen molar-refractivity contribution in [1.29, 1.82) is 0 Å². The van der Waals surface area contributed by atoms with Gasteiger partial charge in [0.2, 0.25) is 0 Å². The molecule has 1 aromatic heterocycles. The van der Waals surface area contributed by atoms with Crippen LogP contribution in [-0.2, 0) is 0 Å². The summed E-state index contributed by atoms with van der Waals surface area (Å²) in [5.74, 6) is -0.159. The van der Waals surface area contributed by atoms with Crippen LogP contribution >= 0.6 is 23.1 Å². The third-order valence-corrected chi connectivity index (χ3v) is 5.46. The minimum atomic E-state index is -0.712. The van der Waals surface area contributed by atoms with Crippen molar-refractivity contribution in [1.82, 2.24) is 5.32 Å². The van der Waals surface area contributed by atoms with Gasteiger partial charge in [0.25, 0.3) is 5.91 Å². The van der Waals surface area contributed by atoms with E-state index >= 15 is 0 Å². The molecule has 0 bridgehead atoms. The number of nitrogens with one attached hydrogen (secondary N) is 1. The van der Waals surface area contributed by atoms with Gasteiger partial charge in [0.05, 0.1) is 11.7 Å². The van der Waals surface area contributed by atoms with E-state index in [2.05, 4.69) is 5.32 Å². The Balaban J connectivity index is 1.71. The van der Waals surface area contributed by atoms with Gasteiger partial charge in [-0.05, 0) is 35.2 Å². The van der Waals surface area contributed by atoms with E-state index in [0.29, 0.717) is 5.56 Å². The number of hydrogen-bond donors (Lipinski definition) is 2. The lowest BCUT2D eigenvalue weighted by Crippen LogP contribution is -2.28. The van der Waals surface area contributed by atoms with Crippen LogP contribution in [-0.4, -0.2) is 23.8 Å². The van der Waals surface area contributed by atoms with Gasteiger partial charge in [-0.25, -0.2) is 0 Å². The standard InChI is InChI=1S/C18H17NO2S2/c1-22-16-8-4-3-7-13(16)18(21)19-10-15(20)14-11-23-17-9-5-2-6-12(14)17/h2-9,11,15,20H,10H2,1H3,(H,19,21). The fourth-order valence-electron chi connectivity index (χ4n) is 2.48. The van der Waals surface area contributed by atoms with Crippen molar-refractivity contribution in [2.24, 2.45) is 0 Å². The van der Waals surface area contributed by atoms with Crippen LogP contribution in [0.25, 0.3) is 10.1 Å². The second-order valence-corrected chi connectivity index (χ2v) is 6.87. The highest BCUT2D eigenvalue weighted by molar-refractivity contribution is 7.98. The van der Waals surface area contributed by atoms with Crippen LogP contribution in [0.1, 0.15) is 22.0 Å². The molecule has 5 heteroatoms. The average Bonchev–Trinajstić information content (AvgIpc) is 3.03. The fourth-order valence-corrected chi connectivity index (χ4v) is 4.09. The summed E-state index contributed by atoms with van der Waals surface area (Å²) in [7, 11) is 0. The van der Waals surface area contributed by atoms with E-state index < -0.39 is 6.10 Å². The molecule has 2 aromatic carbocycles. The van der Waals surface area contributed by atoms with Crippen molar-refractivity contribution in [3.8, 4) is 0 Å². The van der Waals surface area contributed by atoms with Crippen LogP contribution in [0, 0.1) is 0 Å². The van der Waals surface area contributed by atoms with E-state index in [1.165, 1.54) is 11.8 Å². The van der Waals surface area contributed by atoms with Crippen LogP contribution in [0.4, 0.5) is 0 Å². The van der Waals surface area contributed by atoms with Gasteiger partial charge in [-0.15, -0.1) is 23.1 Å². The molecule has 118 valence electrons. The summed E-state index contributed by atoms with van der Waals surface area (Å²) in [5.41, 5.74) is 1.51. The topological polar surface area (TPSA) is 49.3 Å². The molecule has 0 aliphatic heterocycles. The molecule has 0 aliphatic carbocycles. The summed E-state index contributed by atoms with van der Waals surface area (Å²) in [6.45, 7) is 0.197. The van der Waals surface area contributed by atoms with Crippen molar-refractivity contribution < 1.29 is 9.90 Å². The summed E-state index contributed by atoms with van der Waals surface area (Å²) in [5, 5.41) is 16.2. The maximum absolute atomic E-state index is 12.3. The third kappa shape index (κ3) is 3.42. The van der Waals surface area contributed by atoms with Crippen LogP contribution < -0.4 is 5.32 Å². The monoisotopic (exact) mass is 343 g/mol. The predicted octanol–water partition coefficient (Wildman–Crippen LogP) is 4.09. The number of thioether (sulfide) groups is 1. The van der Waals surface area contributed by atoms with Crippen molar-refractivity contribution in [2.45, 2.75) is 11.0 Å². The van der Waals surface area contributed by atoms with Crippen LogP contribution in [0.2, 0.25) is 0 Å². The molecule has 0 spiro atoms. The van der Waals surface area contributed by atoms with Crippen LogP contribution in [0.15, 0.2) is 58.8 Å². The molecular weight excluding hydrogens is 326 g/mol. The Hall–Kier alpha value is -1.82. The molecule has 23 heavy (non-hydrogen) atoms. The summed E-state index contributed by atoms with van der Waals surface area (Å²) in [4.78, 5) is 13.3. The molecule has 0 fully saturated rings. The molecule has 0 saturated heterocycles. The molecule has 1 amide bonds. The fraction of sp³-hybridized carbons (Fsp3) is 0.167. The van der Waals surface area contributed by atoms with Gasteiger partial charge in [-0.2, -0.15) is 0 Å². The van der Waals surface area contributed by atoms with Crippen molar-refractivity contribution >= 4 is 39.1 Å². The maximum Gasteiger partial charge on any atom is 0.252 e. The molecule has 2 N–H and O–H groups in total. The Labute approximate surface area is 143 Å². The van der Waals surface area contributed by atoms with Crippen molar-refractivity contribution in [3.63, 3.8) is 0 Å². The first-order chi connectivity index (χ1) is 11.2. The zero-order valence-corrected chi connectivity index (χ0v) is 14.3. The number of aliphatic hydroxyl groups excluding tert-OH is 1. The molecule has 0 saturated carbocycles. The second kappa shape index (κ2) is 7.17. The summed E-state index contributed by atoms with van der Waals surface area (Å²) in [6, 6.07) is 15.4. The lowest BCUT2D eigenvalue weighted by atomic mass is 10.1. The van der Waals surface area contributed by atoms with E-state index in [1.807, 2.05) is 54.1 Å². The van der Waals surface area contributed by atoms with Crippen molar-refractivity contribution in [2.75, 3.05) is 12.8 Å². The van der Waals surface area contributed by atoms with Gasteiger partial charge < -0.3 is 10.4 Å². The molecule has 1 atom stereocenters. The molecule has 0 radical (unpaired) electrons. The molecule has 0 aliphatic rings. The largest absolute Gasteiger partial charge is 0.387 e. The Morgan fingerprint density at radius 2 is 1.96 bits per heavy atom. The highest BCUT2D eigenvalue weighted by Crippen LogP contribution is 2.30. The number of carbonyl (C=O) groups is 1. The lowest BCUT2D eigenvalue weighted by Gasteiger charge is -2.13. The highest BCUT2D eigenvalue weighted by Gasteiger charge is 2.16. The normalized spacial score (nSPS) is 12.3. The van der Waals surface area contributed by atoms with Gasteiger partial charge in [0.1, 0.15) is 0 Å². The zero-order valence-electron chi connectivity index (χ0n) is 12.7. The van der Waals surface area contributed by atoms with Crippen LogP contribution in [0.3, 0.4) is 0 Å². The van der Waals surface area contributed by atoms with Gasteiger partial charge in [0.15, 0.2) is 0 Å².